The smallest absolute Gasteiger partial charge is 0.260 e. The highest BCUT2D eigenvalue weighted by Crippen LogP contribution is 2.25. The van der Waals surface area contributed by atoms with Gasteiger partial charge in [-0.05, 0) is 31.9 Å². The molecule has 1 aliphatic heterocycles. The number of nitrogens with zero attached hydrogens (tertiary/aromatic N) is 1. The second-order valence-corrected chi connectivity index (χ2v) is 5.87. The molecule has 1 unspecified atom stereocenters. The van der Waals surface area contributed by atoms with Crippen molar-refractivity contribution in [2.45, 2.75) is 25.4 Å². The highest BCUT2D eigenvalue weighted by atomic mass is 35.5. The summed E-state index contributed by atoms with van der Waals surface area (Å²) in [4.78, 5) is 24.9. The molecule has 0 saturated carbocycles. The van der Waals surface area contributed by atoms with E-state index in [2.05, 4.69) is 0 Å². The van der Waals surface area contributed by atoms with Crippen molar-refractivity contribution in [3.05, 3.63) is 28.8 Å². The normalized spacial score (nSPS) is 21.5. The van der Waals surface area contributed by atoms with Gasteiger partial charge < -0.3 is 20.5 Å². The molecule has 3 N–H and O–H groups in total. The van der Waals surface area contributed by atoms with Gasteiger partial charge >= 0.3 is 0 Å². The van der Waals surface area contributed by atoms with Crippen molar-refractivity contribution in [3.63, 3.8) is 0 Å². The third-order valence-corrected chi connectivity index (χ3v) is 4.26. The van der Waals surface area contributed by atoms with Gasteiger partial charge in [-0.2, -0.15) is 0 Å². The highest BCUT2D eigenvalue weighted by molar-refractivity contribution is 6.31. The first kappa shape index (κ1) is 16.6. The lowest BCUT2D eigenvalue weighted by atomic mass is 9.92. The van der Waals surface area contributed by atoms with E-state index in [1.165, 1.54) is 4.90 Å². The number of primary amides is 1. The third-order valence-electron chi connectivity index (χ3n) is 3.85. The van der Waals surface area contributed by atoms with Crippen molar-refractivity contribution in [2.24, 2.45) is 5.73 Å². The summed E-state index contributed by atoms with van der Waals surface area (Å²) in [7, 11) is 0. The molecule has 0 bridgehead atoms. The van der Waals surface area contributed by atoms with Gasteiger partial charge in [0.1, 0.15) is 5.75 Å². The fraction of sp³-hybridized carbons (Fsp3) is 0.467. The predicted octanol–water partition coefficient (Wildman–Crippen LogP) is 0.866. The maximum atomic E-state index is 12.2. The van der Waals surface area contributed by atoms with Gasteiger partial charge in [-0.3, -0.25) is 9.59 Å². The van der Waals surface area contributed by atoms with E-state index in [-0.39, 0.29) is 25.5 Å². The second kappa shape index (κ2) is 6.54. The summed E-state index contributed by atoms with van der Waals surface area (Å²) < 4.78 is 5.49. The zero-order valence-electron chi connectivity index (χ0n) is 12.3. The van der Waals surface area contributed by atoms with Crippen LogP contribution in [0.3, 0.4) is 0 Å². The minimum absolute atomic E-state index is 0.0982. The minimum Gasteiger partial charge on any atom is -0.483 e. The van der Waals surface area contributed by atoms with Crippen molar-refractivity contribution in [1.29, 1.82) is 0 Å². The molecule has 22 heavy (non-hydrogen) atoms. The van der Waals surface area contributed by atoms with E-state index in [1.807, 2.05) is 0 Å². The molecule has 1 fully saturated rings. The molecule has 0 spiro atoms. The van der Waals surface area contributed by atoms with Gasteiger partial charge in [0, 0.05) is 17.1 Å². The average Bonchev–Trinajstić information content (AvgIpc) is 2.48. The van der Waals surface area contributed by atoms with Crippen LogP contribution in [0.2, 0.25) is 5.02 Å². The zero-order chi connectivity index (χ0) is 16.3. The molecule has 1 aliphatic rings. The molecule has 0 aromatic heterocycles. The van der Waals surface area contributed by atoms with Crippen LogP contribution in [0.4, 0.5) is 0 Å². The van der Waals surface area contributed by atoms with Gasteiger partial charge in [0.05, 0.1) is 6.54 Å². The number of aliphatic hydroxyl groups is 1. The van der Waals surface area contributed by atoms with E-state index in [4.69, 9.17) is 22.1 Å². The number of rotatable bonds is 4. The van der Waals surface area contributed by atoms with Crippen LogP contribution in [0.1, 0.15) is 18.4 Å². The Morgan fingerprint density at radius 1 is 1.50 bits per heavy atom. The van der Waals surface area contributed by atoms with Crippen LogP contribution in [0.25, 0.3) is 0 Å². The standard InChI is InChI=1S/C15H19ClN2O4/c1-10-11(16)4-2-5-12(10)22-8-13(19)18-7-3-6-15(21,9-18)14(17)20/h2,4-5,21H,3,6-9H2,1H3,(H2,17,20). The van der Waals surface area contributed by atoms with Gasteiger partial charge in [0.25, 0.3) is 11.8 Å². The summed E-state index contributed by atoms with van der Waals surface area (Å²) in [6.45, 7) is 1.98. The maximum Gasteiger partial charge on any atom is 0.260 e. The fourth-order valence-corrected chi connectivity index (χ4v) is 2.59. The molecule has 2 amide bonds. The number of nitrogens with two attached hydrogens (primary N) is 1. The number of carbonyl (C=O) groups excluding carboxylic acids is 2. The lowest BCUT2D eigenvalue weighted by molar-refractivity contribution is -0.150. The molecule has 1 heterocycles. The predicted molar refractivity (Wildman–Crippen MR) is 81.6 cm³/mol. The van der Waals surface area contributed by atoms with Gasteiger partial charge in [-0.15, -0.1) is 0 Å². The summed E-state index contributed by atoms with van der Waals surface area (Å²) >= 11 is 5.99. The average molecular weight is 327 g/mol. The molecule has 2 rings (SSSR count). The number of hydrogen-bond donors (Lipinski definition) is 2. The number of carbonyl (C=O) groups is 2. The number of likely N-dealkylation sites (tertiary alicyclic amines) is 1. The van der Waals surface area contributed by atoms with Crippen LogP contribution < -0.4 is 10.5 Å². The van der Waals surface area contributed by atoms with Crippen LogP contribution in [0, 0.1) is 6.92 Å². The van der Waals surface area contributed by atoms with Crippen LogP contribution in [0.15, 0.2) is 18.2 Å². The Balaban J connectivity index is 1.98. The molecule has 1 saturated heterocycles. The van der Waals surface area contributed by atoms with Crippen molar-refractivity contribution >= 4 is 23.4 Å². The number of hydrogen-bond acceptors (Lipinski definition) is 4. The van der Waals surface area contributed by atoms with Gasteiger partial charge in [-0.1, -0.05) is 17.7 Å². The SMILES string of the molecule is Cc1c(Cl)cccc1OCC(=O)N1CCCC(O)(C(N)=O)C1. The number of ether oxygens (including phenoxy) is 1. The minimum atomic E-state index is -1.65. The summed E-state index contributed by atoms with van der Waals surface area (Å²) in [6, 6.07) is 5.20. The lowest BCUT2D eigenvalue weighted by Gasteiger charge is -2.36. The Labute approximate surface area is 133 Å². The molecular weight excluding hydrogens is 308 g/mol. The molecule has 1 aromatic carbocycles. The summed E-state index contributed by atoms with van der Waals surface area (Å²) in [5.41, 5.74) is 4.29. The first-order valence-electron chi connectivity index (χ1n) is 7.01. The van der Waals surface area contributed by atoms with E-state index < -0.39 is 11.5 Å². The van der Waals surface area contributed by atoms with E-state index in [1.54, 1.807) is 25.1 Å². The van der Waals surface area contributed by atoms with Crippen molar-refractivity contribution < 1.29 is 19.4 Å². The quantitative estimate of drug-likeness (QED) is 0.858. The van der Waals surface area contributed by atoms with Crippen LogP contribution in [-0.4, -0.2) is 47.1 Å². The molecule has 7 heteroatoms. The topological polar surface area (TPSA) is 92.9 Å². The number of piperidine rings is 1. The Hall–Kier alpha value is -1.79. The highest BCUT2D eigenvalue weighted by Gasteiger charge is 2.40. The first-order chi connectivity index (χ1) is 10.3. The van der Waals surface area contributed by atoms with Crippen molar-refractivity contribution in [3.8, 4) is 5.75 Å². The van der Waals surface area contributed by atoms with Crippen molar-refractivity contribution in [1.82, 2.24) is 4.90 Å². The zero-order valence-corrected chi connectivity index (χ0v) is 13.1. The number of β-amino-alcohol motifs (C(OH)–C–C–N with tert-alkyl or cyclic N) is 1. The summed E-state index contributed by atoms with van der Waals surface area (Å²) in [5, 5.41) is 10.7. The number of benzene rings is 1. The van der Waals surface area contributed by atoms with Crippen molar-refractivity contribution in [2.75, 3.05) is 19.7 Å². The molecular formula is C15H19ClN2O4. The molecule has 0 radical (unpaired) electrons. The molecule has 6 nitrogen and oxygen atoms in total. The third kappa shape index (κ3) is 3.51. The number of amides is 2. The number of halogens is 1. The van der Waals surface area contributed by atoms with E-state index >= 15 is 0 Å². The first-order valence-corrected chi connectivity index (χ1v) is 7.39. The molecule has 0 aliphatic carbocycles. The fourth-order valence-electron chi connectivity index (χ4n) is 2.43. The molecule has 1 atom stereocenters. The van der Waals surface area contributed by atoms with E-state index in [0.717, 1.165) is 5.56 Å². The van der Waals surface area contributed by atoms with E-state index in [0.29, 0.717) is 23.7 Å². The molecule has 120 valence electrons. The maximum absolute atomic E-state index is 12.2. The van der Waals surface area contributed by atoms with Gasteiger partial charge in [0.15, 0.2) is 12.2 Å². The van der Waals surface area contributed by atoms with Crippen LogP contribution in [-0.2, 0) is 9.59 Å². The Kier molecular flexibility index (Phi) is 4.93. The monoisotopic (exact) mass is 326 g/mol. The summed E-state index contributed by atoms with van der Waals surface area (Å²) in [5.74, 6) is -0.585. The van der Waals surface area contributed by atoms with Gasteiger partial charge in [0.2, 0.25) is 0 Å². The Bertz CT molecular complexity index is 593. The van der Waals surface area contributed by atoms with Crippen LogP contribution in [0.5, 0.6) is 5.75 Å². The second-order valence-electron chi connectivity index (χ2n) is 5.47. The summed E-state index contributed by atoms with van der Waals surface area (Å²) in [6.07, 6.45) is 0.780. The largest absolute Gasteiger partial charge is 0.483 e. The Morgan fingerprint density at radius 3 is 2.91 bits per heavy atom. The van der Waals surface area contributed by atoms with Gasteiger partial charge in [-0.25, -0.2) is 0 Å². The van der Waals surface area contributed by atoms with E-state index in [9.17, 15) is 14.7 Å². The Morgan fingerprint density at radius 2 is 2.23 bits per heavy atom. The van der Waals surface area contributed by atoms with Crippen LogP contribution >= 0.6 is 11.6 Å². The molecule has 1 aromatic rings. The lowest BCUT2D eigenvalue weighted by Crippen LogP contribution is -2.57.